The average Bonchev–Trinajstić information content (AvgIpc) is 3.23. The maximum atomic E-state index is 2.40. The van der Waals surface area contributed by atoms with Crippen molar-refractivity contribution in [3.05, 3.63) is 101 Å². The number of hydrogen-bond donors (Lipinski definition) is 0. The molecule has 2 aliphatic carbocycles. The van der Waals surface area contributed by atoms with E-state index in [2.05, 4.69) is 78.9 Å². The van der Waals surface area contributed by atoms with Crippen LogP contribution in [0.2, 0.25) is 0 Å². The Balaban J connectivity index is 1.47. The van der Waals surface area contributed by atoms with E-state index >= 15 is 0 Å². The second kappa shape index (κ2) is 6.22. The van der Waals surface area contributed by atoms with Crippen LogP contribution in [0, 0.1) is 0 Å². The summed E-state index contributed by atoms with van der Waals surface area (Å²) in [4.78, 5) is 0. The number of allylic oxidation sites excluding steroid dienone is 1. The third-order valence-electron chi connectivity index (χ3n) is 5.66. The molecule has 25 heavy (non-hydrogen) atoms. The Hall–Kier alpha value is -1.72. The first kappa shape index (κ1) is 15.5. The van der Waals surface area contributed by atoms with Crippen molar-refractivity contribution in [2.24, 2.45) is 0 Å². The van der Waals surface area contributed by atoms with Gasteiger partial charge in [0.1, 0.15) is 0 Å². The Labute approximate surface area is 164 Å². The van der Waals surface area contributed by atoms with Crippen molar-refractivity contribution in [2.75, 3.05) is 0 Å². The van der Waals surface area contributed by atoms with Crippen LogP contribution >= 0.6 is 0 Å². The molecule has 0 bridgehead atoms. The van der Waals surface area contributed by atoms with Crippen molar-refractivity contribution in [2.45, 2.75) is 22.4 Å². The fraction of sp³-hybridized carbons (Fsp3) is 0.167. The Morgan fingerprint density at radius 3 is 2.64 bits per heavy atom. The van der Waals surface area contributed by atoms with Crippen LogP contribution in [0.5, 0.6) is 0 Å². The van der Waals surface area contributed by atoms with Crippen LogP contribution in [0.1, 0.15) is 43.8 Å². The molecule has 0 radical (unpaired) electrons. The van der Waals surface area contributed by atoms with E-state index in [-0.39, 0.29) is 0 Å². The van der Waals surface area contributed by atoms with E-state index in [9.17, 15) is 0 Å². The summed E-state index contributed by atoms with van der Waals surface area (Å²) in [5.74, 6) is 0.570. The molecule has 2 aliphatic rings. The fourth-order valence-corrected chi connectivity index (χ4v) is 5.71. The van der Waals surface area contributed by atoms with Crippen molar-refractivity contribution >= 4 is 6.08 Å². The predicted octanol–water partition coefficient (Wildman–Crippen LogP) is 6.05. The average molecular weight is 399 g/mol. The van der Waals surface area contributed by atoms with Crippen molar-refractivity contribution in [1.82, 2.24) is 0 Å². The van der Waals surface area contributed by atoms with E-state index < -0.39 is 0 Å². The summed E-state index contributed by atoms with van der Waals surface area (Å²) in [5.41, 5.74) is 10.4. The second-order valence-corrected chi connectivity index (χ2v) is 8.80. The zero-order valence-corrected chi connectivity index (χ0v) is 16.5. The molecule has 3 aromatic carbocycles. The van der Waals surface area contributed by atoms with Gasteiger partial charge in [-0.05, 0) is 0 Å². The van der Waals surface area contributed by atoms with Gasteiger partial charge in [0.15, 0.2) is 0 Å². The molecule has 0 nitrogen and oxygen atoms in total. The van der Waals surface area contributed by atoms with Crippen LogP contribution in [0.25, 0.3) is 17.2 Å². The molecule has 0 saturated carbocycles. The number of benzene rings is 3. The molecule has 5 rings (SSSR count). The van der Waals surface area contributed by atoms with Crippen molar-refractivity contribution in [3.63, 3.8) is 0 Å². The van der Waals surface area contributed by atoms with Gasteiger partial charge in [-0.15, -0.1) is 0 Å². The van der Waals surface area contributed by atoms with Crippen molar-refractivity contribution in [1.29, 1.82) is 0 Å². The Morgan fingerprint density at radius 1 is 0.880 bits per heavy atom. The zero-order valence-electron chi connectivity index (χ0n) is 14.1. The van der Waals surface area contributed by atoms with Gasteiger partial charge in [0.05, 0.1) is 0 Å². The van der Waals surface area contributed by atoms with Gasteiger partial charge in [0.25, 0.3) is 0 Å². The molecule has 0 fully saturated rings. The first-order valence-electron chi connectivity index (χ1n) is 8.99. The Bertz CT molecular complexity index is 983. The predicted molar refractivity (Wildman–Crippen MR) is 100 cm³/mol. The fourth-order valence-electron chi connectivity index (χ4n) is 4.42. The minimum atomic E-state index is 0.570. The van der Waals surface area contributed by atoms with Crippen LogP contribution in [-0.2, 0) is 31.1 Å². The van der Waals surface area contributed by atoms with E-state index in [0.717, 1.165) is 6.42 Å². The van der Waals surface area contributed by atoms with Crippen molar-refractivity contribution in [3.8, 4) is 11.1 Å². The molecule has 0 aliphatic heterocycles. The summed E-state index contributed by atoms with van der Waals surface area (Å²) in [6.07, 6.45) is 7.02. The van der Waals surface area contributed by atoms with Gasteiger partial charge in [-0.2, -0.15) is 0 Å². The monoisotopic (exact) mass is 397 g/mol. The second-order valence-electron chi connectivity index (χ2n) is 7.09. The van der Waals surface area contributed by atoms with Gasteiger partial charge >= 0.3 is 165 Å². The van der Waals surface area contributed by atoms with Crippen molar-refractivity contribution < 1.29 is 24.7 Å². The molecular formula is C24H19Zr. The first-order chi connectivity index (χ1) is 12.3. The third-order valence-corrected chi connectivity index (χ3v) is 7.00. The van der Waals surface area contributed by atoms with E-state index in [1.807, 2.05) is 0 Å². The third kappa shape index (κ3) is 2.61. The van der Waals surface area contributed by atoms with Gasteiger partial charge in [0.2, 0.25) is 0 Å². The molecule has 2 unspecified atom stereocenters. The molecule has 0 amide bonds. The summed E-state index contributed by atoms with van der Waals surface area (Å²) < 4.78 is 0.650. The molecule has 119 valence electrons. The van der Waals surface area contributed by atoms with E-state index in [0.29, 0.717) is 9.54 Å². The molecule has 1 heteroatoms. The van der Waals surface area contributed by atoms with Crippen LogP contribution in [0.4, 0.5) is 0 Å². The van der Waals surface area contributed by atoms with Crippen LogP contribution in [-0.4, -0.2) is 0 Å². The number of rotatable bonds is 3. The summed E-state index contributed by atoms with van der Waals surface area (Å²) in [6.45, 7) is 0. The summed E-state index contributed by atoms with van der Waals surface area (Å²) in [7, 11) is 0. The molecule has 3 aromatic rings. The molecule has 2 atom stereocenters. The number of hydrogen-bond acceptors (Lipinski definition) is 0. The molecule has 0 aromatic heterocycles. The molecule has 0 saturated heterocycles. The quantitative estimate of drug-likeness (QED) is 0.394. The zero-order chi connectivity index (χ0) is 16.8. The van der Waals surface area contributed by atoms with Crippen LogP contribution in [0.3, 0.4) is 0 Å². The Morgan fingerprint density at radius 2 is 1.68 bits per heavy atom. The SMILES string of the molecule is [Zr][CH](CC1C=Cc2ccccc21)c1cccc2c1Cc1ccccc1-2. The molecule has 0 N–H and O–H groups in total. The van der Waals surface area contributed by atoms with E-state index in [1.165, 1.54) is 34.2 Å². The van der Waals surface area contributed by atoms with E-state index in [4.69, 9.17) is 0 Å². The van der Waals surface area contributed by atoms with Crippen LogP contribution < -0.4 is 0 Å². The first-order valence-corrected chi connectivity index (χ1v) is 10.4. The summed E-state index contributed by atoms with van der Waals surface area (Å²) >= 11 is 1.62. The maximum absolute atomic E-state index is 2.40. The summed E-state index contributed by atoms with van der Waals surface area (Å²) in [6, 6.07) is 24.7. The number of fused-ring (bicyclic) bond motifs is 4. The van der Waals surface area contributed by atoms with Gasteiger partial charge in [0, 0.05) is 0 Å². The van der Waals surface area contributed by atoms with Gasteiger partial charge in [-0.25, -0.2) is 0 Å². The molecular weight excluding hydrogens is 379 g/mol. The topological polar surface area (TPSA) is 0 Å². The van der Waals surface area contributed by atoms with Gasteiger partial charge < -0.3 is 0 Å². The van der Waals surface area contributed by atoms with E-state index in [1.54, 1.807) is 35.8 Å². The minimum absolute atomic E-state index is 0.570. The normalized spacial score (nSPS) is 17.8. The standard InChI is InChI=1S/C24H19.Zr/c1-3-9-21-17(6-1)12-14-19(21)15-13-18-8-5-11-23-22-10-4-2-7-20(22)16-24(18)23;/h1-14,19H,15-16H2;. The van der Waals surface area contributed by atoms with Gasteiger partial charge in [-0.3, -0.25) is 0 Å². The Kier molecular flexibility index (Phi) is 3.86. The van der Waals surface area contributed by atoms with Crippen LogP contribution in [0.15, 0.2) is 72.8 Å². The molecule has 0 heterocycles. The summed E-state index contributed by atoms with van der Waals surface area (Å²) in [5, 5.41) is 0. The van der Waals surface area contributed by atoms with Gasteiger partial charge in [-0.1, -0.05) is 0 Å². The molecule has 0 spiro atoms.